The van der Waals surface area contributed by atoms with E-state index in [1.807, 2.05) is 17.0 Å². The molecule has 1 aromatic carbocycles. The first-order valence-electron chi connectivity index (χ1n) is 10.3. The van der Waals surface area contributed by atoms with Gasteiger partial charge in [0.25, 0.3) is 0 Å². The van der Waals surface area contributed by atoms with Crippen molar-refractivity contribution in [1.29, 1.82) is 0 Å². The fraction of sp³-hybridized carbons (Fsp3) is 0.667. The van der Waals surface area contributed by atoms with Gasteiger partial charge in [-0.3, -0.25) is 0 Å². The van der Waals surface area contributed by atoms with Gasteiger partial charge in [-0.05, 0) is 43.5 Å². The number of anilines is 1. The molecule has 150 valence electrons. The Bertz CT molecular complexity index is 565. The van der Waals surface area contributed by atoms with Crippen LogP contribution in [0, 0.1) is 0 Å². The Labute approximate surface area is 162 Å². The zero-order valence-corrected chi connectivity index (χ0v) is 16.5. The molecule has 27 heavy (non-hydrogen) atoms. The summed E-state index contributed by atoms with van der Waals surface area (Å²) < 4.78 is 11.1. The number of piperazine rings is 1. The second kappa shape index (κ2) is 10.4. The first-order chi connectivity index (χ1) is 13.3. The molecule has 1 aliphatic heterocycles. The van der Waals surface area contributed by atoms with Gasteiger partial charge in [0.05, 0.1) is 13.2 Å². The van der Waals surface area contributed by atoms with Gasteiger partial charge in [-0.15, -0.1) is 0 Å². The van der Waals surface area contributed by atoms with E-state index >= 15 is 0 Å². The number of hydrogen-bond donors (Lipinski definition) is 1. The number of carbonyl (C=O) groups is 1. The van der Waals surface area contributed by atoms with Crippen molar-refractivity contribution in [3.8, 4) is 5.75 Å². The van der Waals surface area contributed by atoms with Gasteiger partial charge in [-0.2, -0.15) is 0 Å². The second-order valence-electron chi connectivity index (χ2n) is 7.39. The SMILES string of the molecule is COc1ccc(N2CCN(C(=O)NCCCOC3CCCCC3)CC2)cc1. The lowest BCUT2D eigenvalue weighted by molar-refractivity contribution is 0.0274. The number of carbonyl (C=O) groups excluding carboxylic acids is 1. The molecule has 0 bridgehead atoms. The number of amides is 2. The number of rotatable bonds is 7. The quantitative estimate of drug-likeness (QED) is 0.743. The molecule has 1 saturated heterocycles. The average molecular weight is 376 g/mol. The van der Waals surface area contributed by atoms with E-state index in [1.54, 1.807) is 7.11 Å². The van der Waals surface area contributed by atoms with Gasteiger partial charge in [-0.25, -0.2) is 4.79 Å². The van der Waals surface area contributed by atoms with E-state index in [0.717, 1.165) is 45.0 Å². The summed E-state index contributed by atoms with van der Waals surface area (Å²) >= 11 is 0. The molecule has 1 heterocycles. The molecule has 0 atom stereocenters. The fourth-order valence-corrected chi connectivity index (χ4v) is 3.82. The van der Waals surface area contributed by atoms with Crippen LogP contribution in [0.3, 0.4) is 0 Å². The van der Waals surface area contributed by atoms with E-state index in [-0.39, 0.29) is 6.03 Å². The van der Waals surface area contributed by atoms with Gasteiger partial charge in [-0.1, -0.05) is 19.3 Å². The highest BCUT2D eigenvalue weighted by Gasteiger charge is 2.21. The van der Waals surface area contributed by atoms with E-state index < -0.39 is 0 Å². The van der Waals surface area contributed by atoms with Crippen LogP contribution in [0.2, 0.25) is 0 Å². The van der Waals surface area contributed by atoms with Crippen LogP contribution in [0.5, 0.6) is 5.75 Å². The van der Waals surface area contributed by atoms with Gasteiger partial charge in [0.2, 0.25) is 0 Å². The molecular weight excluding hydrogens is 342 g/mol. The predicted octanol–water partition coefficient (Wildman–Crippen LogP) is 3.27. The molecule has 1 aliphatic carbocycles. The molecule has 2 aliphatic rings. The third-order valence-electron chi connectivity index (χ3n) is 5.51. The van der Waals surface area contributed by atoms with Crippen molar-refractivity contribution < 1.29 is 14.3 Å². The van der Waals surface area contributed by atoms with E-state index in [0.29, 0.717) is 12.6 Å². The highest BCUT2D eigenvalue weighted by molar-refractivity contribution is 5.74. The molecule has 3 rings (SSSR count). The van der Waals surface area contributed by atoms with Crippen LogP contribution in [-0.4, -0.2) is 63.5 Å². The van der Waals surface area contributed by atoms with E-state index in [2.05, 4.69) is 22.3 Å². The predicted molar refractivity (Wildman–Crippen MR) is 108 cm³/mol. The first-order valence-corrected chi connectivity index (χ1v) is 10.3. The minimum atomic E-state index is 0.0436. The number of hydrogen-bond acceptors (Lipinski definition) is 4. The zero-order valence-electron chi connectivity index (χ0n) is 16.5. The van der Waals surface area contributed by atoms with E-state index in [4.69, 9.17) is 9.47 Å². The molecule has 0 unspecified atom stereocenters. The number of nitrogens with one attached hydrogen (secondary N) is 1. The lowest BCUT2D eigenvalue weighted by Crippen LogP contribution is -2.52. The maximum Gasteiger partial charge on any atom is 0.317 e. The fourth-order valence-electron chi connectivity index (χ4n) is 3.82. The highest BCUT2D eigenvalue weighted by Crippen LogP contribution is 2.21. The summed E-state index contributed by atoms with van der Waals surface area (Å²) in [6.07, 6.45) is 7.67. The largest absolute Gasteiger partial charge is 0.497 e. The Morgan fingerprint density at radius 3 is 2.44 bits per heavy atom. The maximum atomic E-state index is 12.3. The Morgan fingerprint density at radius 1 is 1.07 bits per heavy atom. The van der Waals surface area contributed by atoms with Crippen molar-refractivity contribution in [3.63, 3.8) is 0 Å². The van der Waals surface area contributed by atoms with E-state index in [9.17, 15) is 4.79 Å². The van der Waals surface area contributed by atoms with Crippen LogP contribution in [0.1, 0.15) is 38.5 Å². The zero-order chi connectivity index (χ0) is 18.9. The van der Waals surface area contributed by atoms with Crippen LogP contribution in [0.25, 0.3) is 0 Å². The van der Waals surface area contributed by atoms with Crippen molar-refractivity contribution in [1.82, 2.24) is 10.2 Å². The summed E-state index contributed by atoms with van der Waals surface area (Å²) in [5, 5.41) is 3.03. The maximum absolute atomic E-state index is 12.3. The van der Waals surface area contributed by atoms with Gasteiger partial charge in [0, 0.05) is 45.0 Å². The van der Waals surface area contributed by atoms with Crippen LogP contribution in [0.4, 0.5) is 10.5 Å². The summed E-state index contributed by atoms with van der Waals surface area (Å²) in [4.78, 5) is 16.5. The molecule has 0 spiro atoms. The third-order valence-corrected chi connectivity index (χ3v) is 5.51. The van der Waals surface area contributed by atoms with Crippen LogP contribution < -0.4 is 15.0 Å². The van der Waals surface area contributed by atoms with E-state index in [1.165, 1.54) is 37.8 Å². The normalized spacial score (nSPS) is 18.4. The Hall–Kier alpha value is -1.95. The lowest BCUT2D eigenvalue weighted by atomic mass is 9.98. The number of urea groups is 1. The molecule has 2 amide bonds. The third kappa shape index (κ3) is 6.03. The first kappa shape index (κ1) is 19.8. The topological polar surface area (TPSA) is 54.0 Å². The second-order valence-corrected chi connectivity index (χ2v) is 7.39. The molecule has 0 radical (unpaired) electrons. The van der Waals surface area contributed by atoms with Gasteiger partial charge in [0.15, 0.2) is 0 Å². The minimum absolute atomic E-state index is 0.0436. The van der Waals surface area contributed by atoms with Crippen molar-refractivity contribution in [2.45, 2.75) is 44.6 Å². The number of nitrogens with zero attached hydrogens (tertiary/aromatic N) is 2. The number of ether oxygens (including phenoxy) is 2. The van der Waals surface area contributed by atoms with Crippen LogP contribution >= 0.6 is 0 Å². The highest BCUT2D eigenvalue weighted by atomic mass is 16.5. The molecule has 1 saturated carbocycles. The Kier molecular flexibility index (Phi) is 7.63. The lowest BCUT2D eigenvalue weighted by Gasteiger charge is -2.36. The summed E-state index contributed by atoms with van der Waals surface area (Å²) in [5.74, 6) is 0.865. The number of methoxy groups -OCH3 is 1. The average Bonchev–Trinajstić information content (AvgIpc) is 2.74. The molecule has 6 nitrogen and oxygen atoms in total. The van der Waals surface area contributed by atoms with Gasteiger partial charge < -0.3 is 24.6 Å². The molecule has 1 aromatic rings. The Morgan fingerprint density at radius 2 is 1.78 bits per heavy atom. The molecule has 1 N–H and O–H groups in total. The van der Waals surface area contributed by atoms with Crippen molar-refractivity contribution >= 4 is 11.7 Å². The molecule has 0 aromatic heterocycles. The molecule has 2 fully saturated rings. The smallest absolute Gasteiger partial charge is 0.317 e. The summed E-state index contributed by atoms with van der Waals surface area (Å²) in [6, 6.07) is 8.14. The Balaban J connectivity index is 1.30. The molecular formula is C21H33N3O3. The van der Waals surface area contributed by atoms with Crippen molar-refractivity contribution in [2.24, 2.45) is 0 Å². The van der Waals surface area contributed by atoms with Gasteiger partial charge >= 0.3 is 6.03 Å². The molecule has 6 heteroatoms. The minimum Gasteiger partial charge on any atom is -0.497 e. The van der Waals surface area contributed by atoms with Crippen molar-refractivity contribution in [3.05, 3.63) is 24.3 Å². The standard InChI is InChI=1S/C21H33N3O3/c1-26-19-10-8-18(9-11-19)23-13-15-24(16-14-23)21(25)22-12-5-17-27-20-6-3-2-4-7-20/h8-11,20H,2-7,12-17H2,1H3,(H,22,25). The van der Waals surface area contributed by atoms with Gasteiger partial charge in [0.1, 0.15) is 5.75 Å². The summed E-state index contributed by atoms with van der Waals surface area (Å²) in [6.45, 7) is 4.63. The number of benzene rings is 1. The summed E-state index contributed by atoms with van der Waals surface area (Å²) in [5.41, 5.74) is 1.18. The summed E-state index contributed by atoms with van der Waals surface area (Å²) in [7, 11) is 1.68. The monoisotopic (exact) mass is 375 g/mol. The van der Waals surface area contributed by atoms with Crippen LogP contribution in [0.15, 0.2) is 24.3 Å². The van der Waals surface area contributed by atoms with Crippen LogP contribution in [-0.2, 0) is 4.74 Å². The van der Waals surface area contributed by atoms with Crippen molar-refractivity contribution in [2.75, 3.05) is 51.3 Å².